The predicted molar refractivity (Wildman–Crippen MR) is 82.0 cm³/mol. The van der Waals surface area contributed by atoms with Crippen LogP contribution in [0.3, 0.4) is 0 Å². The van der Waals surface area contributed by atoms with Crippen molar-refractivity contribution in [3.05, 3.63) is 35.2 Å². The van der Waals surface area contributed by atoms with Crippen molar-refractivity contribution in [1.29, 1.82) is 0 Å². The third kappa shape index (κ3) is 2.38. The van der Waals surface area contributed by atoms with Gasteiger partial charge in [0.1, 0.15) is 17.1 Å². The maximum absolute atomic E-state index is 6.23. The zero-order valence-electron chi connectivity index (χ0n) is 11.7. The molecule has 6 nitrogen and oxygen atoms in total. The molecule has 0 amide bonds. The molecule has 0 saturated heterocycles. The van der Waals surface area contributed by atoms with Gasteiger partial charge in [0.2, 0.25) is 5.95 Å². The first kappa shape index (κ1) is 13.6. The lowest BCUT2D eigenvalue weighted by atomic mass is 10.3. The standard InChI is InChI=1S/C14H14ClN5O/c1-3-21-10-6-4-5-9(7-10)20-11-12(15)17-8(2)18-13(11)19-14(20)16/h4-7H,3H2,1-2H3,(H2,16,17,18,19). The quantitative estimate of drug-likeness (QED) is 0.753. The lowest BCUT2D eigenvalue weighted by Gasteiger charge is -2.09. The molecule has 0 aliphatic rings. The molecule has 2 N–H and O–H groups in total. The fourth-order valence-electron chi connectivity index (χ4n) is 2.20. The van der Waals surface area contributed by atoms with Crippen LogP contribution in [0.1, 0.15) is 12.7 Å². The van der Waals surface area contributed by atoms with Gasteiger partial charge in [0.05, 0.1) is 12.3 Å². The Labute approximate surface area is 126 Å². The number of ether oxygens (including phenoxy) is 1. The summed E-state index contributed by atoms with van der Waals surface area (Å²) < 4.78 is 7.23. The number of nitrogen functional groups attached to an aromatic ring is 1. The van der Waals surface area contributed by atoms with Gasteiger partial charge >= 0.3 is 0 Å². The number of hydrogen-bond donors (Lipinski definition) is 1. The summed E-state index contributed by atoms with van der Waals surface area (Å²) >= 11 is 6.23. The van der Waals surface area contributed by atoms with E-state index in [-0.39, 0.29) is 0 Å². The van der Waals surface area contributed by atoms with Gasteiger partial charge in [0.25, 0.3) is 0 Å². The molecule has 0 radical (unpaired) electrons. The van der Waals surface area contributed by atoms with Gasteiger partial charge in [0.15, 0.2) is 10.8 Å². The van der Waals surface area contributed by atoms with Gasteiger partial charge < -0.3 is 10.5 Å². The van der Waals surface area contributed by atoms with Crippen LogP contribution in [0.5, 0.6) is 5.75 Å². The number of halogens is 1. The summed E-state index contributed by atoms with van der Waals surface area (Å²) in [5.41, 5.74) is 7.88. The van der Waals surface area contributed by atoms with Crippen molar-refractivity contribution in [1.82, 2.24) is 19.5 Å². The Balaban J connectivity index is 2.25. The molecule has 2 heterocycles. The second kappa shape index (κ2) is 5.21. The number of anilines is 1. The van der Waals surface area contributed by atoms with Crippen LogP contribution < -0.4 is 10.5 Å². The molecule has 108 valence electrons. The second-order valence-electron chi connectivity index (χ2n) is 4.47. The molecule has 0 unspecified atom stereocenters. The SMILES string of the molecule is CCOc1cccc(-n2c(N)nc3nc(C)nc(Cl)c32)c1. The van der Waals surface area contributed by atoms with E-state index >= 15 is 0 Å². The minimum absolute atomic E-state index is 0.306. The zero-order chi connectivity index (χ0) is 15.0. The maximum atomic E-state index is 6.23. The summed E-state index contributed by atoms with van der Waals surface area (Å²) in [7, 11) is 0. The molecule has 0 spiro atoms. The first-order valence-electron chi connectivity index (χ1n) is 6.51. The van der Waals surface area contributed by atoms with Gasteiger partial charge in [-0.2, -0.15) is 4.98 Å². The average molecular weight is 304 g/mol. The number of fused-ring (bicyclic) bond motifs is 1. The smallest absolute Gasteiger partial charge is 0.207 e. The van der Waals surface area contributed by atoms with Crippen molar-refractivity contribution in [2.45, 2.75) is 13.8 Å². The van der Waals surface area contributed by atoms with Crippen molar-refractivity contribution >= 4 is 28.7 Å². The third-order valence-corrected chi connectivity index (χ3v) is 3.26. The van der Waals surface area contributed by atoms with Crippen molar-refractivity contribution in [3.63, 3.8) is 0 Å². The van der Waals surface area contributed by atoms with E-state index in [1.807, 2.05) is 31.2 Å². The van der Waals surface area contributed by atoms with Crippen LogP contribution in [0.4, 0.5) is 5.95 Å². The van der Waals surface area contributed by atoms with Crippen LogP contribution >= 0.6 is 11.6 Å². The molecule has 0 aliphatic carbocycles. The van der Waals surface area contributed by atoms with Gasteiger partial charge in [-0.05, 0) is 26.0 Å². The van der Waals surface area contributed by atoms with Gasteiger partial charge in [-0.25, -0.2) is 9.97 Å². The molecule has 0 bridgehead atoms. The molecular formula is C14H14ClN5O. The summed E-state index contributed by atoms with van der Waals surface area (Å²) in [4.78, 5) is 12.7. The molecule has 0 saturated carbocycles. The Hall–Kier alpha value is -2.34. The summed E-state index contributed by atoms with van der Waals surface area (Å²) in [5.74, 6) is 1.61. The van der Waals surface area contributed by atoms with E-state index in [1.165, 1.54) is 0 Å². The van der Waals surface area contributed by atoms with Gasteiger partial charge in [-0.15, -0.1) is 0 Å². The van der Waals surface area contributed by atoms with Crippen LogP contribution in [0.25, 0.3) is 16.9 Å². The number of nitrogens with zero attached hydrogens (tertiary/aromatic N) is 4. The Morgan fingerprint density at radius 3 is 2.86 bits per heavy atom. The minimum Gasteiger partial charge on any atom is -0.494 e. The zero-order valence-corrected chi connectivity index (χ0v) is 12.4. The number of imidazole rings is 1. The molecule has 2 aromatic heterocycles. The van der Waals surface area contributed by atoms with E-state index in [4.69, 9.17) is 22.1 Å². The highest BCUT2D eigenvalue weighted by Crippen LogP contribution is 2.28. The van der Waals surface area contributed by atoms with Crippen LogP contribution in [-0.4, -0.2) is 26.1 Å². The van der Waals surface area contributed by atoms with Crippen molar-refractivity contribution in [2.75, 3.05) is 12.3 Å². The lowest BCUT2D eigenvalue weighted by molar-refractivity contribution is 0.340. The Morgan fingerprint density at radius 2 is 2.10 bits per heavy atom. The molecule has 7 heteroatoms. The molecule has 3 rings (SSSR count). The van der Waals surface area contributed by atoms with Crippen molar-refractivity contribution in [3.8, 4) is 11.4 Å². The number of aromatic nitrogens is 4. The summed E-state index contributed by atoms with van der Waals surface area (Å²) in [5, 5.41) is 0.323. The second-order valence-corrected chi connectivity index (χ2v) is 4.83. The first-order valence-corrected chi connectivity index (χ1v) is 6.89. The van der Waals surface area contributed by atoms with Crippen LogP contribution in [0.2, 0.25) is 5.15 Å². The number of aryl methyl sites for hydroxylation is 1. The molecule has 1 aromatic carbocycles. The number of benzene rings is 1. The van der Waals surface area contributed by atoms with Gasteiger partial charge in [-0.1, -0.05) is 17.7 Å². The molecule has 0 aliphatic heterocycles. The fraction of sp³-hybridized carbons (Fsp3) is 0.214. The highest BCUT2D eigenvalue weighted by atomic mass is 35.5. The third-order valence-electron chi connectivity index (χ3n) is 2.99. The number of nitrogens with two attached hydrogens (primary N) is 1. The molecule has 0 fully saturated rings. The number of hydrogen-bond acceptors (Lipinski definition) is 5. The topological polar surface area (TPSA) is 78.9 Å². The van der Waals surface area contributed by atoms with Gasteiger partial charge in [-0.3, -0.25) is 4.57 Å². The summed E-state index contributed by atoms with van der Waals surface area (Å²) in [6.07, 6.45) is 0. The van der Waals surface area contributed by atoms with Gasteiger partial charge in [0, 0.05) is 6.07 Å². The van der Waals surface area contributed by atoms with E-state index in [9.17, 15) is 0 Å². The molecule has 21 heavy (non-hydrogen) atoms. The molecular weight excluding hydrogens is 290 g/mol. The monoisotopic (exact) mass is 303 g/mol. The summed E-state index contributed by atoms with van der Waals surface area (Å²) in [6, 6.07) is 7.53. The van der Waals surface area contributed by atoms with Crippen LogP contribution in [-0.2, 0) is 0 Å². The van der Waals surface area contributed by atoms with Crippen LogP contribution in [0, 0.1) is 6.92 Å². The normalized spacial score (nSPS) is 11.0. The largest absolute Gasteiger partial charge is 0.494 e. The Morgan fingerprint density at radius 1 is 1.29 bits per heavy atom. The maximum Gasteiger partial charge on any atom is 0.207 e. The number of rotatable bonds is 3. The highest BCUT2D eigenvalue weighted by molar-refractivity contribution is 6.33. The molecule has 0 atom stereocenters. The van der Waals surface area contributed by atoms with E-state index < -0.39 is 0 Å². The minimum atomic E-state index is 0.306. The van der Waals surface area contributed by atoms with E-state index in [1.54, 1.807) is 11.5 Å². The average Bonchev–Trinajstić information content (AvgIpc) is 2.75. The summed E-state index contributed by atoms with van der Waals surface area (Å²) in [6.45, 7) is 4.28. The highest BCUT2D eigenvalue weighted by Gasteiger charge is 2.16. The first-order chi connectivity index (χ1) is 10.1. The predicted octanol–water partition coefficient (Wildman–Crippen LogP) is 2.76. The van der Waals surface area contributed by atoms with E-state index in [0.29, 0.717) is 34.7 Å². The lowest BCUT2D eigenvalue weighted by Crippen LogP contribution is -2.02. The van der Waals surface area contributed by atoms with Crippen molar-refractivity contribution < 1.29 is 4.74 Å². The van der Waals surface area contributed by atoms with E-state index in [2.05, 4.69) is 15.0 Å². The van der Waals surface area contributed by atoms with E-state index in [0.717, 1.165) is 11.4 Å². The molecule has 3 aromatic rings. The Bertz CT molecular complexity index is 814. The van der Waals surface area contributed by atoms with Crippen molar-refractivity contribution in [2.24, 2.45) is 0 Å². The fourth-order valence-corrected chi connectivity index (χ4v) is 2.49. The Kier molecular flexibility index (Phi) is 3.39. The van der Waals surface area contributed by atoms with Crippen LogP contribution in [0.15, 0.2) is 24.3 Å².